The van der Waals surface area contributed by atoms with Crippen LogP contribution in [0.5, 0.6) is 11.8 Å². The molecule has 10 nitrogen and oxygen atoms in total. The van der Waals surface area contributed by atoms with Crippen molar-refractivity contribution in [2.24, 2.45) is 18.4 Å². The molecule has 0 bridgehead atoms. The molecule has 2 saturated heterocycles. The molecule has 2 aromatic carbocycles. The third kappa shape index (κ3) is 5.97. The van der Waals surface area contributed by atoms with Gasteiger partial charge in [-0.2, -0.15) is 10.1 Å². The van der Waals surface area contributed by atoms with Crippen molar-refractivity contribution in [3.8, 4) is 23.0 Å². The van der Waals surface area contributed by atoms with Crippen molar-refractivity contribution >= 4 is 22.7 Å². The van der Waals surface area contributed by atoms with Gasteiger partial charge in [0.2, 0.25) is 11.8 Å². The number of para-hydroxylation sites is 1. The summed E-state index contributed by atoms with van der Waals surface area (Å²) in [7, 11) is 1.97. The number of nitrogens with zero attached hydrogens (tertiary/aromatic N) is 6. The summed E-state index contributed by atoms with van der Waals surface area (Å²) in [6.45, 7) is 10.6. The molecule has 10 heteroatoms. The molecule has 4 heterocycles. The first-order valence-corrected chi connectivity index (χ1v) is 15.0. The fourth-order valence-electron chi connectivity index (χ4n) is 6.60. The van der Waals surface area contributed by atoms with Crippen LogP contribution in [0.25, 0.3) is 22.2 Å². The van der Waals surface area contributed by atoms with E-state index >= 15 is 0 Å². The van der Waals surface area contributed by atoms with Crippen molar-refractivity contribution in [2.75, 3.05) is 50.7 Å². The Morgan fingerprint density at radius 1 is 1.00 bits per heavy atom. The Bertz CT molecular complexity index is 1600. The Balaban J connectivity index is 1.19. The van der Waals surface area contributed by atoms with Gasteiger partial charge in [0.15, 0.2) is 0 Å². The number of carbonyl (C=O) groups is 1. The van der Waals surface area contributed by atoms with E-state index in [1.54, 1.807) is 11.0 Å². The number of anilines is 1. The average molecular weight is 585 g/mol. The highest BCUT2D eigenvalue weighted by molar-refractivity contribution is 6.01. The maximum Gasteiger partial charge on any atom is 0.407 e. The van der Waals surface area contributed by atoms with Crippen LogP contribution in [-0.4, -0.2) is 86.7 Å². The van der Waals surface area contributed by atoms with Crippen LogP contribution < -0.4 is 9.64 Å². The SMILES string of the molecule is Cn1nc(-c2ccc(O)nc2OCc2ccccc2)c2cccc(N3CCN(C[C@@H]4CCN(C(=O)O)CC4(C)C)CC3)c21. The average Bonchev–Trinajstić information content (AvgIpc) is 3.34. The molecular formula is C33H40N6O4. The summed E-state index contributed by atoms with van der Waals surface area (Å²) in [6.07, 6.45) is 0.0880. The number of benzene rings is 2. The second-order valence-electron chi connectivity index (χ2n) is 12.4. The normalized spacial score (nSPS) is 19.1. The van der Waals surface area contributed by atoms with Gasteiger partial charge < -0.3 is 24.7 Å². The van der Waals surface area contributed by atoms with E-state index in [-0.39, 0.29) is 11.3 Å². The molecule has 1 amide bonds. The molecule has 2 fully saturated rings. The van der Waals surface area contributed by atoms with Crippen molar-refractivity contribution in [1.82, 2.24) is 24.6 Å². The summed E-state index contributed by atoms with van der Waals surface area (Å²) in [5, 5.41) is 25.5. The highest BCUT2D eigenvalue weighted by atomic mass is 16.5. The summed E-state index contributed by atoms with van der Waals surface area (Å²) in [4.78, 5) is 22.3. The third-order valence-corrected chi connectivity index (χ3v) is 9.08. The molecule has 0 spiro atoms. The maximum atomic E-state index is 11.5. The zero-order valence-electron chi connectivity index (χ0n) is 25.1. The summed E-state index contributed by atoms with van der Waals surface area (Å²) < 4.78 is 8.03. The molecular weight excluding hydrogens is 544 g/mol. The highest BCUT2D eigenvalue weighted by Gasteiger charge is 2.38. The van der Waals surface area contributed by atoms with Gasteiger partial charge in [0.05, 0.1) is 16.8 Å². The number of ether oxygens (including phenoxy) is 1. The lowest BCUT2D eigenvalue weighted by molar-refractivity contribution is 0.0335. The molecule has 6 rings (SSSR count). The first-order chi connectivity index (χ1) is 20.7. The zero-order valence-corrected chi connectivity index (χ0v) is 25.1. The van der Waals surface area contributed by atoms with E-state index < -0.39 is 6.09 Å². The lowest BCUT2D eigenvalue weighted by atomic mass is 9.73. The van der Waals surface area contributed by atoms with Crippen LogP contribution in [0.15, 0.2) is 60.7 Å². The van der Waals surface area contributed by atoms with Gasteiger partial charge in [-0.1, -0.05) is 56.3 Å². The molecule has 43 heavy (non-hydrogen) atoms. The van der Waals surface area contributed by atoms with Crippen molar-refractivity contribution in [3.63, 3.8) is 0 Å². The number of aromatic hydroxyl groups is 1. The van der Waals surface area contributed by atoms with E-state index in [1.165, 1.54) is 0 Å². The molecule has 2 aliphatic heterocycles. The van der Waals surface area contributed by atoms with E-state index in [0.717, 1.165) is 72.6 Å². The monoisotopic (exact) mass is 584 g/mol. The summed E-state index contributed by atoms with van der Waals surface area (Å²) in [6, 6.07) is 19.6. The van der Waals surface area contributed by atoms with E-state index in [1.807, 2.05) is 48.1 Å². The van der Waals surface area contributed by atoms with Gasteiger partial charge in [-0.3, -0.25) is 9.58 Å². The molecule has 0 unspecified atom stereocenters. The van der Waals surface area contributed by atoms with Crippen molar-refractivity contribution in [2.45, 2.75) is 26.9 Å². The number of rotatable bonds is 7. The fourth-order valence-corrected chi connectivity index (χ4v) is 6.60. The number of piperazine rings is 1. The number of piperidine rings is 1. The van der Waals surface area contributed by atoms with E-state index in [9.17, 15) is 15.0 Å². The van der Waals surface area contributed by atoms with E-state index in [4.69, 9.17) is 9.84 Å². The predicted octanol–water partition coefficient (Wildman–Crippen LogP) is 5.07. The lowest BCUT2D eigenvalue weighted by Crippen LogP contribution is -2.53. The van der Waals surface area contributed by atoms with Gasteiger partial charge in [-0.25, -0.2) is 4.79 Å². The summed E-state index contributed by atoms with van der Waals surface area (Å²) >= 11 is 0. The first-order valence-electron chi connectivity index (χ1n) is 15.0. The second-order valence-corrected chi connectivity index (χ2v) is 12.4. The topological polar surface area (TPSA) is 107 Å². The van der Waals surface area contributed by atoms with Crippen LogP contribution in [0.4, 0.5) is 10.5 Å². The van der Waals surface area contributed by atoms with Gasteiger partial charge in [0.25, 0.3) is 0 Å². The van der Waals surface area contributed by atoms with Gasteiger partial charge in [0, 0.05) is 64.3 Å². The van der Waals surface area contributed by atoms with Crippen molar-refractivity contribution < 1.29 is 19.7 Å². The van der Waals surface area contributed by atoms with Crippen LogP contribution in [0, 0.1) is 11.3 Å². The molecule has 2 N–H and O–H groups in total. The van der Waals surface area contributed by atoms with Gasteiger partial charge in [-0.15, -0.1) is 0 Å². The zero-order chi connectivity index (χ0) is 30.1. The second kappa shape index (κ2) is 11.8. The minimum absolute atomic E-state index is 0.0444. The first kappa shape index (κ1) is 28.8. The Kier molecular flexibility index (Phi) is 7.87. The predicted molar refractivity (Wildman–Crippen MR) is 167 cm³/mol. The van der Waals surface area contributed by atoms with Crippen molar-refractivity contribution in [3.05, 3.63) is 66.2 Å². The Hall–Kier alpha value is -4.31. The fraction of sp³-hybridized carbons (Fsp3) is 0.424. The van der Waals surface area contributed by atoms with Gasteiger partial charge in [-0.05, 0) is 35.4 Å². The van der Waals surface area contributed by atoms with Crippen LogP contribution >= 0.6 is 0 Å². The molecule has 4 aromatic rings. The number of carboxylic acid groups (broad SMARTS) is 1. The number of fused-ring (bicyclic) bond motifs is 1. The number of pyridine rings is 1. The quantitative estimate of drug-likeness (QED) is 0.310. The minimum atomic E-state index is -0.815. The molecule has 1 atom stereocenters. The minimum Gasteiger partial charge on any atom is -0.493 e. The number of aromatic nitrogens is 3. The van der Waals surface area contributed by atoms with Gasteiger partial charge in [0.1, 0.15) is 12.3 Å². The summed E-state index contributed by atoms with van der Waals surface area (Å²) in [5.74, 6) is 0.719. The summed E-state index contributed by atoms with van der Waals surface area (Å²) in [5.41, 5.74) is 4.67. The largest absolute Gasteiger partial charge is 0.493 e. The van der Waals surface area contributed by atoms with E-state index in [0.29, 0.717) is 31.5 Å². The molecule has 0 saturated carbocycles. The number of amides is 1. The van der Waals surface area contributed by atoms with Crippen LogP contribution in [0.2, 0.25) is 0 Å². The smallest absolute Gasteiger partial charge is 0.407 e. The van der Waals surface area contributed by atoms with E-state index in [2.05, 4.69) is 46.8 Å². The molecule has 0 aliphatic carbocycles. The Morgan fingerprint density at radius 3 is 2.49 bits per heavy atom. The molecule has 226 valence electrons. The highest BCUT2D eigenvalue weighted by Crippen LogP contribution is 2.39. The van der Waals surface area contributed by atoms with Crippen LogP contribution in [0.3, 0.4) is 0 Å². The Morgan fingerprint density at radius 2 is 1.77 bits per heavy atom. The third-order valence-electron chi connectivity index (χ3n) is 9.08. The lowest BCUT2D eigenvalue weighted by Gasteiger charge is -2.46. The number of hydrogen-bond donors (Lipinski definition) is 2. The van der Waals surface area contributed by atoms with Crippen LogP contribution in [-0.2, 0) is 13.7 Å². The van der Waals surface area contributed by atoms with Crippen LogP contribution in [0.1, 0.15) is 25.8 Å². The maximum absolute atomic E-state index is 11.5. The molecule has 2 aliphatic rings. The van der Waals surface area contributed by atoms with Crippen molar-refractivity contribution in [1.29, 1.82) is 0 Å². The molecule has 2 aromatic heterocycles. The number of aryl methyl sites for hydroxylation is 1. The van der Waals surface area contributed by atoms with Gasteiger partial charge >= 0.3 is 6.09 Å². The number of likely N-dealkylation sites (tertiary alicyclic amines) is 1. The standard InChI is InChI=1S/C33H40N6O4/c1-33(2)22-39(32(41)42)15-14-24(33)20-37-16-18-38(19-17-37)27-11-7-10-25-29(35-36(3)30(25)27)26-12-13-28(40)34-31(26)43-21-23-8-5-4-6-9-23/h4-13,24H,14-22H2,1-3H3,(H,34,40)(H,41,42)/t24-/m0/s1. The number of hydrogen-bond acceptors (Lipinski definition) is 7. The Labute approximate surface area is 252 Å². The molecule has 0 radical (unpaired) electrons.